The predicted molar refractivity (Wildman–Crippen MR) is 88.1 cm³/mol. The first-order valence-electron chi connectivity index (χ1n) is 7.12. The number of nitrogens with one attached hydrogen (secondary N) is 1. The molecular formula is C17H18BrNO2. The van der Waals surface area contributed by atoms with Crippen LogP contribution in [0.4, 0.5) is 5.69 Å². The van der Waals surface area contributed by atoms with Crippen LogP contribution in [0, 0.1) is 6.92 Å². The Morgan fingerprint density at radius 2 is 2.10 bits per heavy atom. The molecular weight excluding hydrogens is 330 g/mol. The molecule has 3 rings (SSSR count). The van der Waals surface area contributed by atoms with Crippen LogP contribution in [0.15, 0.2) is 40.9 Å². The SMILES string of the molecule is Cc1cc(NC2CCCOc3cc(Br)ccc32)ccc1O. The zero-order valence-corrected chi connectivity index (χ0v) is 13.5. The van der Waals surface area contributed by atoms with Gasteiger partial charge in [0.25, 0.3) is 0 Å². The Hall–Kier alpha value is -1.68. The summed E-state index contributed by atoms with van der Waals surface area (Å²) in [5.74, 6) is 1.27. The molecule has 1 heterocycles. The summed E-state index contributed by atoms with van der Waals surface area (Å²) in [6.07, 6.45) is 2.04. The van der Waals surface area contributed by atoms with Crippen molar-refractivity contribution in [2.75, 3.05) is 11.9 Å². The van der Waals surface area contributed by atoms with Gasteiger partial charge in [0.2, 0.25) is 0 Å². The lowest BCUT2D eigenvalue weighted by Gasteiger charge is -2.20. The number of halogens is 1. The molecule has 2 N–H and O–H groups in total. The number of rotatable bonds is 2. The highest BCUT2D eigenvalue weighted by molar-refractivity contribution is 9.10. The third-order valence-corrected chi connectivity index (χ3v) is 4.28. The summed E-state index contributed by atoms with van der Waals surface area (Å²) >= 11 is 3.49. The average Bonchev–Trinajstić information content (AvgIpc) is 2.65. The van der Waals surface area contributed by atoms with Gasteiger partial charge < -0.3 is 15.2 Å². The van der Waals surface area contributed by atoms with Crippen molar-refractivity contribution in [2.45, 2.75) is 25.8 Å². The van der Waals surface area contributed by atoms with Crippen molar-refractivity contribution in [3.05, 3.63) is 52.0 Å². The molecule has 0 fully saturated rings. The Balaban J connectivity index is 1.90. The van der Waals surface area contributed by atoms with Crippen molar-refractivity contribution in [3.63, 3.8) is 0 Å². The van der Waals surface area contributed by atoms with E-state index in [9.17, 15) is 5.11 Å². The van der Waals surface area contributed by atoms with Gasteiger partial charge in [0.05, 0.1) is 12.6 Å². The topological polar surface area (TPSA) is 41.5 Å². The number of benzene rings is 2. The van der Waals surface area contributed by atoms with E-state index in [1.807, 2.05) is 31.2 Å². The fourth-order valence-electron chi connectivity index (χ4n) is 2.64. The number of ether oxygens (including phenoxy) is 1. The Morgan fingerprint density at radius 3 is 2.90 bits per heavy atom. The van der Waals surface area contributed by atoms with Gasteiger partial charge in [0, 0.05) is 15.7 Å². The number of phenolic OH excluding ortho intramolecular Hbond substituents is 1. The fourth-order valence-corrected chi connectivity index (χ4v) is 2.98. The fraction of sp³-hybridized carbons (Fsp3) is 0.294. The number of hydrogen-bond acceptors (Lipinski definition) is 3. The van der Waals surface area contributed by atoms with Crippen molar-refractivity contribution in [2.24, 2.45) is 0 Å². The first kappa shape index (κ1) is 14.3. The Morgan fingerprint density at radius 1 is 1.24 bits per heavy atom. The first-order valence-corrected chi connectivity index (χ1v) is 7.91. The lowest BCUT2D eigenvalue weighted by Crippen LogP contribution is -2.10. The largest absolute Gasteiger partial charge is 0.508 e. The summed E-state index contributed by atoms with van der Waals surface area (Å²) in [4.78, 5) is 0. The van der Waals surface area contributed by atoms with Gasteiger partial charge in [-0.1, -0.05) is 22.0 Å². The summed E-state index contributed by atoms with van der Waals surface area (Å²) in [5, 5.41) is 13.2. The van der Waals surface area contributed by atoms with E-state index in [0.29, 0.717) is 5.75 Å². The molecule has 21 heavy (non-hydrogen) atoms. The van der Waals surface area contributed by atoms with Crippen molar-refractivity contribution in [3.8, 4) is 11.5 Å². The molecule has 1 aliphatic heterocycles. The first-order chi connectivity index (χ1) is 10.1. The number of fused-ring (bicyclic) bond motifs is 1. The van der Waals surface area contributed by atoms with Crippen LogP contribution in [-0.2, 0) is 0 Å². The van der Waals surface area contributed by atoms with Gasteiger partial charge in [0.15, 0.2) is 0 Å². The third-order valence-electron chi connectivity index (χ3n) is 3.78. The lowest BCUT2D eigenvalue weighted by molar-refractivity contribution is 0.316. The van der Waals surface area contributed by atoms with Crippen molar-refractivity contribution in [1.82, 2.24) is 0 Å². The molecule has 2 aromatic carbocycles. The number of hydrogen-bond donors (Lipinski definition) is 2. The van der Waals surface area contributed by atoms with Crippen molar-refractivity contribution >= 4 is 21.6 Å². The molecule has 2 aromatic rings. The number of anilines is 1. The van der Waals surface area contributed by atoms with Gasteiger partial charge in [-0.3, -0.25) is 0 Å². The molecule has 0 bridgehead atoms. The van der Waals surface area contributed by atoms with E-state index in [2.05, 4.69) is 27.3 Å². The molecule has 0 amide bonds. The zero-order chi connectivity index (χ0) is 14.8. The zero-order valence-electron chi connectivity index (χ0n) is 11.9. The van der Waals surface area contributed by atoms with Gasteiger partial charge in [-0.05, 0) is 55.7 Å². The summed E-state index contributed by atoms with van der Waals surface area (Å²) in [6.45, 7) is 2.65. The molecule has 1 unspecified atom stereocenters. The quantitative estimate of drug-likeness (QED) is 0.767. The minimum absolute atomic E-state index is 0.222. The van der Waals surface area contributed by atoms with E-state index in [4.69, 9.17) is 4.74 Å². The van der Waals surface area contributed by atoms with Gasteiger partial charge >= 0.3 is 0 Å². The third kappa shape index (κ3) is 3.16. The molecule has 3 nitrogen and oxygen atoms in total. The predicted octanol–water partition coefficient (Wildman–Crippen LogP) is 4.79. The summed E-state index contributed by atoms with van der Waals surface area (Å²) in [6, 6.07) is 12.0. The van der Waals surface area contributed by atoms with Crippen LogP contribution in [-0.4, -0.2) is 11.7 Å². The van der Waals surface area contributed by atoms with Crippen LogP contribution >= 0.6 is 15.9 Å². The van der Waals surface area contributed by atoms with Crippen molar-refractivity contribution < 1.29 is 9.84 Å². The average molecular weight is 348 g/mol. The minimum atomic E-state index is 0.222. The van der Waals surface area contributed by atoms with E-state index in [0.717, 1.165) is 40.9 Å². The van der Waals surface area contributed by atoms with Gasteiger partial charge in [-0.25, -0.2) is 0 Å². The second kappa shape index (κ2) is 5.98. The van der Waals surface area contributed by atoms with E-state index in [1.165, 1.54) is 5.56 Å². The van der Waals surface area contributed by atoms with Gasteiger partial charge in [0.1, 0.15) is 11.5 Å². The summed E-state index contributed by atoms with van der Waals surface area (Å²) < 4.78 is 6.86. The highest BCUT2D eigenvalue weighted by Gasteiger charge is 2.20. The Bertz CT molecular complexity index is 657. The highest BCUT2D eigenvalue weighted by Crippen LogP contribution is 2.36. The monoisotopic (exact) mass is 347 g/mol. The second-order valence-corrected chi connectivity index (χ2v) is 6.29. The van der Waals surface area contributed by atoms with E-state index in [1.54, 1.807) is 6.07 Å². The van der Waals surface area contributed by atoms with Crippen LogP contribution in [0.25, 0.3) is 0 Å². The van der Waals surface area contributed by atoms with Crippen LogP contribution in [0.5, 0.6) is 11.5 Å². The van der Waals surface area contributed by atoms with E-state index >= 15 is 0 Å². The molecule has 0 aromatic heterocycles. The maximum Gasteiger partial charge on any atom is 0.125 e. The number of phenols is 1. The molecule has 0 radical (unpaired) electrons. The van der Waals surface area contributed by atoms with Crippen molar-refractivity contribution in [1.29, 1.82) is 0 Å². The van der Waals surface area contributed by atoms with Gasteiger partial charge in [-0.2, -0.15) is 0 Å². The van der Waals surface area contributed by atoms with Gasteiger partial charge in [-0.15, -0.1) is 0 Å². The maximum atomic E-state index is 9.63. The normalized spacial score (nSPS) is 17.5. The molecule has 0 aliphatic carbocycles. The molecule has 1 atom stereocenters. The minimum Gasteiger partial charge on any atom is -0.508 e. The number of aromatic hydroxyl groups is 1. The Kier molecular flexibility index (Phi) is 4.06. The molecule has 110 valence electrons. The molecule has 0 saturated carbocycles. The summed E-state index contributed by atoms with van der Waals surface area (Å²) in [5.41, 5.74) is 3.08. The second-order valence-electron chi connectivity index (χ2n) is 5.37. The van der Waals surface area contributed by atoms with Crippen LogP contribution in [0.3, 0.4) is 0 Å². The smallest absolute Gasteiger partial charge is 0.125 e. The molecule has 4 heteroatoms. The Labute approximate surface area is 133 Å². The lowest BCUT2D eigenvalue weighted by atomic mass is 10.0. The molecule has 1 aliphatic rings. The highest BCUT2D eigenvalue weighted by atomic mass is 79.9. The molecule has 0 saturated heterocycles. The van der Waals surface area contributed by atoms with Crippen LogP contribution in [0.2, 0.25) is 0 Å². The molecule has 0 spiro atoms. The summed E-state index contributed by atoms with van der Waals surface area (Å²) in [7, 11) is 0. The van der Waals surface area contributed by atoms with Crippen LogP contribution < -0.4 is 10.1 Å². The van der Waals surface area contributed by atoms with E-state index < -0.39 is 0 Å². The van der Waals surface area contributed by atoms with E-state index in [-0.39, 0.29) is 6.04 Å². The maximum absolute atomic E-state index is 9.63. The standard InChI is InChI=1S/C17H18BrNO2/c1-11-9-13(5-7-16(11)20)19-15-3-2-8-21-17-10-12(18)4-6-14(15)17/h4-7,9-10,15,19-20H,2-3,8H2,1H3. The van der Waals surface area contributed by atoms with Crippen LogP contribution in [0.1, 0.15) is 30.0 Å². The number of aryl methyl sites for hydroxylation is 1.